The molecule has 0 bridgehead atoms. The Hall–Kier alpha value is -1.44. The molecule has 1 aliphatic heterocycles. The Morgan fingerprint density at radius 1 is 1.40 bits per heavy atom. The van der Waals surface area contributed by atoms with Gasteiger partial charge in [0.2, 0.25) is 5.88 Å². The lowest BCUT2D eigenvalue weighted by molar-refractivity contribution is -0.140. The number of alkyl halides is 3. The van der Waals surface area contributed by atoms with Crippen LogP contribution in [0.25, 0.3) is 0 Å². The molecular weight excluding hydrogens is 207 g/mol. The zero-order chi connectivity index (χ0) is 10.9. The molecule has 1 unspecified atom stereocenters. The molecule has 2 nitrogen and oxygen atoms in total. The Balaban J connectivity index is 2.04. The van der Waals surface area contributed by atoms with Crippen molar-refractivity contribution in [2.45, 2.75) is 25.1 Å². The van der Waals surface area contributed by atoms with Crippen molar-refractivity contribution in [2.24, 2.45) is 10.9 Å². The number of hydrogen-bond acceptors (Lipinski definition) is 2. The molecular formula is C10H8F3NO. The summed E-state index contributed by atoms with van der Waals surface area (Å²) >= 11 is 0. The molecule has 1 saturated carbocycles. The van der Waals surface area contributed by atoms with Crippen LogP contribution in [0.3, 0.4) is 0 Å². The monoisotopic (exact) mass is 215 g/mol. The summed E-state index contributed by atoms with van der Waals surface area (Å²) in [5, 5.41) is 0. The quantitative estimate of drug-likeness (QED) is 0.647. The van der Waals surface area contributed by atoms with Gasteiger partial charge >= 0.3 is 6.18 Å². The maximum atomic E-state index is 12.3. The van der Waals surface area contributed by atoms with E-state index in [9.17, 15) is 13.2 Å². The Labute approximate surface area is 84.8 Å². The van der Waals surface area contributed by atoms with Gasteiger partial charge in [-0.3, -0.25) is 0 Å². The van der Waals surface area contributed by atoms with E-state index < -0.39 is 12.1 Å². The van der Waals surface area contributed by atoms with Crippen molar-refractivity contribution < 1.29 is 17.9 Å². The molecule has 1 fully saturated rings. The first-order valence-corrected chi connectivity index (χ1v) is 4.54. The minimum absolute atomic E-state index is 0.109. The summed E-state index contributed by atoms with van der Waals surface area (Å²) in [6.45, 7) is 0. The van der Waals surface area contributed by atoms with E-state index in [1.54, 1.807) is 0 Å². The van der Waals surface area contributed by atoms with Crippen LogP contribution in [0.4, 0.5) is 13.2 Å². The average Bonchev–Trinajstić information content (AvgIpc) is 2.91. The van der Waals surface area contributed by atoms with E-state index in [0.717, 1.165) is 19.1 Å². The smallest absolute Gasteiger partial charge is 0.407 e. The minimum Gasteiger partial charge on any atom is -0.474 e. The van der Waals surface area contributed by atoms with E-state index in [2.05, 4.69) is 16.8 Å². The zero-order valence-corrected chi connectivity index (χ0v) is 7.71. The molecule has 0 spiro atoms. The summed E-state index contributed by atoms with van der Waals surface area (Å²) in [6, 6.07) is 0. The highest BCUT2D eigenvalue weighted by molar-refractivity contribution is 5.68. The summed E-state index contributed by atoms with van der Waals surface area (Å²) in [4.78, 5) is 3.62. The third kappa shape index (κ3) is 2.75. The molecule has 80 valence electrons. The van der Waals surface area contributed by atoms with Gasteiger partial charge in [0.25, 0.3) is 0 Å². The number of allylic oxidation sites excluding steroid dienone is 1. The predicted octanol–water partition coefficient (Wildman–Crippen LogP) is 2.27. The molecule has 1 aliphatic carbocycles. The topological polar surface area (TPSA) is 21.6 Å². The lowest BCUT2D eigenvalue weighted by Gasteiger charge is -2.08. The summed E-state index contributed by atoms with van der Waals surface area (Å²) in [7, 11) is 0. The third-order valence-corrected chi connectivity index (χ3v) is 1.95. The van der Waals surface area contributed by atoms with Gasteiger partial charge in [0, 0.05) is 6.21 Å². The highest BCUT2D eigenvalue weighted by Crippen LogP contribution is 2.28. The number of ether oxygens (including phenoxy) is 1. The van der Waals surface area contributed by atoms with Crippen LogP contribution in [-0.2, 0) is 4.74 Å². The molecule has 0 amide bonds. The van der Waals surface area contributed by atoms with Gasteiger partial charge in [-0.2, -0.15) is 13.2 Å². The number of rotatable bonds is 2. The molecule has 5 heteroatoms. The molecule has 1 atom stereocenters. The van der Waals surface area contributed by atoms with Crippen molar-refractivity contribution in [1.82, 2.24) is 0 Å². The second-order valence-electron chi connectivity index (χ2n) is 3.39. The van der Waals surface area contributed by atoms with Crippen LogP contribution in [0.1, 0.15) is 12.8 Å². The van der Waals surface area contributed by atoms with E-state index in [-0.39, 0.29) is 12.0 Å². The lowest BCUT2D eigenvalue weighted by atomic mass is 10.2. The largest absolute Gasteiger partial charge is 0.474 e. The Kier molecular flexibility index (Phi) is 2.43. The molecule has 0 saturated heterocycles. The number of halogens is 3. The fraction of sp³-hybridized carbons (Fsp3) is 0.500. The van der Waals surface area contributed by atoms with Crippen LogP contribution in [0.5, 0.6) is 0 Å². The van der Waals surface area contributed by atoms with Crippen molar-refractivity contribution in [1.29, 1.82) is 0 Å². The van der Waals surface area contributed by atoms with E-state index >= 15 is 0 Å². The van der Waals surface area contributed by atoms with E-state index in [4.69, 9.17) is 4.74 Å². The van der Waals surface area contributed by atoms with Crippen LogP contribution in [0, 0.1) is 17.8 Å². The van der Waals surface area contributed by atoms with E-state index in [1.165, 1.54) is 6.08 Å². The van der Waals surface area contributed by atoms with E-state index in [1.807, 2.05) is 0 Å². The molecule has 0 aromatic rings. The van der Waals surface area contributed by atoms with Crippen molar-refractivity contribution in [3.63, 3.8) is 0 Å². The van der Waals surface area contributed by atoms with Crippen LogP contribution in [0.15, 0.2) is 17.0 Å². The Morgan fingerprint density at radius 3 is 2.73 bits per heavy atom. The van der Waals surface area contributed by atoms with Gasteiger partial charge < -0.3 is 4.74 Å². The van der Waals surface area contributed by atoms with Gasteiger partial charge in [0.05, 0.1) is 6.08 Å². The summed E-state index contributed by atoms with van der Waals surface area (Å²) in [5.41, 5.74) is 0. The van der Waals surface area contributed by atoms with Crippen molar-refractivity contribution in [3.8, 4) is 11.8 Å². The first kappa shape index (κ1) is 10.1. The maximum Gasteiger partial charge on any atom is 0.407 e. The summed E-state index contributed by atoms with van der Waals surface area (Å²) < 4.78 is 42.0. The highest BCUT2D eigenvalue weighted by atomic mass is 19.4. The average molecular weight is 215 g/mol. The maximum absolute atomic E-state index is 12.3. The fourth-order valence-corrected chi connectivity index (χ4v) is 1.00. The second-order valence-corrected chi connectivity index (χ2v) is 3.39. The molecule has 2 aliphatic rings. The fourth-order valence-electron chi connectivity index (χ4n) is 1.00. The molecule has 1 heterocycles. The van der Waals surface area contributed by atoms with Crippen LogP contribution in [0.2, 0.25) is 0 Å². The summed E-state index contributed by atoms with van der Waals surface area (Å²) in [5.74, 6) is 2.75. The SMILES string of the molecule is FC(F)(F)C1C#CC=C(OC2CC2)N=C1. The number of aliphatic imine (C=N–C) groups is 1. The van der Waals surface area contributed by atoms with Crippen molar-refractivity contribution in [2.75, 3.05) is 0 Å². The summed E-state index contributed by atoms with van der Waals surface area (Å²) in [6.07, 6.45) is -0.322. The minimum atomic E-state index is -4.36. The first-order valence-electron chi connectivity index (χ1n) is 4.54. The van der Waals surface area contributed by atoms with Gasteiger partial charge in [-0.25, -0.2) is 4.99 Å². The van der Waals surface area contributed by atoms with Crippen LogP contribution >= 0.6 is 0 Å². The molecule has 0 N–H and O–H groups in total. The Morgan fingerprint density at radius 2 is 2.13 bits per heavy atom. The van der Waals surface area contributed by atoms with Gasteiger partial charge in [0.1, 0.15) is 6.10 Å². The van der Waals surface area contributed by atoms with Gasteiger partial charge in [0.15, 0.2) is 5.92 Å². The molecule has 0 radical (unpaired) electrons. The second kappa shape index (κ2) is 3.61. The first-order chi connectivity index (χ1) is 7.05. The standard InChI is InChI=1S/C10H8F3NO/c11-10(12,13)7-2-1-3-9(14-6-7)15-8-4-5-8/h3,6-8H,4-5H2. The molecule has 2 rings (SSSR count). The van der Waals surface area contributed by atoms with E-state index in [0.29, 0.717) is 0 Å². The Bertz CT molecular complexity index is 368. The van der Waals surface area contributed by atoms with Crippen LogP contribution in [-0.4, -0.2) is 18.5 Å². The van der Waals surface area contributed by atoms with Gasteiger partial charge in [-0.1, -0.05) is 11.8 Å². The normalized spacial score (nSPS) is 25.0. The lowest BCUT2D eigenvalue weighted by Crippen LogP contribution is -2.22. The molecule has 0 aromatic heterocycles. The zero-order valence-electron chi connectivity index (χ0n) is 7.71. The predicted molar refractivity (Wildman–Crippen MR) is 48.0 cm³/mol. The van der Waals surface area contributed by atoms with Crippen molar-refractivity contribution >= 4 is 6.21 Å². The third-order valence-electron chi connectivity index (χ3n) is 1.95. The highest BCUT2D eigenvalue weighted by Gasteiger charge is 2.37. The van der Waals surface area contributed by atoms with Crippen LogP contribution < -0.4 is 0 Å². The molecule has 15 heavy (non-hydrogen) atoms. The number of hydrogen-bond donors (Lipinski definition) is 0. The number of nitrogens with zero attached hydrogens (tertiary/aromatic N) is 1. The molecule has 0 aromatic carbocycles. The van der Waals surface area contributed by atoms with Gasteiger partial charge in [-0.15, -0.1) is 0 Å². The van der Waals surface area contributed by atoms with Gasteiger partial charge in [-0.05, 0) is 12.8 Å². The van der Waals surface area contributed by atoms with Crippen molar-refractivity contribution in [3.05, 3.63) is 12.0 Å².